The topological polar surface area (TPSA) is 40.5 Å². The van der Waals surface area contributed by atoms with Gasteiger partial charge < -0.3 is 10.2 Å². The number of hydrogen-bond donors (Lipinski definition) is 2. The monoisotopic (exact) mass is 268 g/mol. The van der Waals surface area contributed by atoms with Gasteiger partial charge >= 0.3 is 6.18 Å². The van der Waals surface area contributed by atoms with Gasteiger partial charge in [-0.05, 0) is 23.8 Å². The van der Waals surface area contributed by atoms with Crippen molar-refractivity contribution in [2.75, 3.05) is 0 Å². The summed E-state index contributed by atoms with van der Waals surface area (Å²) in [6, 6.07) is 10.1. The third kappa shape index (κ3) is 2.81. The molecule has 1 unspecified atom stereocenters. The predicted octanol–water partition coefficient (Wildman–Crippen LogP) is 3.79. The van der Waals surface area contributed by atoms with Gasteiger partial charge in [0.25, 0.3) is 0 Å². The Bertz CT molecular complexity index is 562. The van der Waals surface area contributed by atoms with Gasteiger partial charge in [0.2, 0.25) is 0 Å². The molecule has 0 saturated heterocycles. The lowest BCUT2D eigenvalue weighted by Gasteiger charge is -2.22. The minimum atomic E-state index is -4.53. The number of rotatable bonds is 2. The van der Waals surface area contributed by atoms with Crippen molar-refractivity contribution in [1.82, 2.24) is 0 Å². The minimum Gasteiger partial charge on any atom is -0.508 e. The van der Waals surface area contributed by atoms with Crippen LogP contribution in [0.15, 0.2) is 48.5 Å². The number of alkyl halides is 3. The zero-order chi connectivity index (χ0) is 14.0. The van der Waals surface area contributed by atoms with Gasteiger partial charge in [-0.3, -0.25) is 0 Å². The smallest absolute Gasteiger partial charge is 0.399 e. The van der Waals surface area contributed by atoms with E-state index in [1.165, 1.54) is 48.5 Å². The number of phenolic OH excluding ortho intramolecular Hbond substituents is 2. The summed E-state index contributed by atoms with van der Waals surface area (Å²) in [6.07, 6.45) is -4.53. The molecule has 2 rings (SSSR count). The van der Waals surface area contributed by atoms with Crippen molar-refractivity contribution < 1.29 is 23.4 Å². The lowest BCUT2D eigenvalue weighted by molar-refractivity contribution is -0.141. The Hall–Kier alpha value is -2.17. The lowest BCUT2D eigenvalue weighted by Crippen LogP contribution is -2.22. The highest BCUT2D eigenvalue weighted by atomic mass is 19.4. The summed E-state index contributed by atoms with van der Waals surface area (Å²) in [5, 5.41) is 18.7. The molecule has 0 aliphatic rings. The normalized spacial score (nSPS) is 13.2. The number of aromatic hydroxyl groups is 2. The zero-order valence-corrected chi connectivity index (χ0v) is 9.72. The second-order valence-electron chi connectivity index (χ2n) is 4.12. The van der Waals surface area contributed by atoms with Crippen molar-refractivity contribution in [1.29, 1.82) is 0 Å². The zero-order valence-electron chi connectivity index (χ0n) is 9.72. The van der Waals surface area contributed by atoms with E-state index in [9.17, 15) is 18.3 Å². The summed E-state index contributed by atoms with van der Waals surface area (Å²) in [6.45, 7) is 0. The summed E-state index contributed by atoms with van der Waals surface area (Å²) in [5.41, 5.74) is -0.243. The summed E-state index contributed by atoms with van der Waals surface area (Å²) in [4.78, 5) is 0. The molecule has 0 heterocycles. The molecular weight excluding hydrogens is 257 g/mol. The number of phenols is 2. The highest BCUT2D eigenvalue weighted by Gasteiger charge is 2.43. The second-order valence-corrected chi connectivity index (χ2v) is 4.12. The predicted molar refractivity (Wildman–Crippen MR) is 64.1 cm³/mol. The van der Waals surface area contributed by atoms with Gasteiger partial charge in [0.15, 0.2) is 0 Å². The Morgan fingerprint density at radius 3 is 1.95 bits per heavy atom. The van der Waals surface area contributed by atoms with Crippen LogP contribution in [0, 0.1) is 0 Å². The van der Waals surface area contributed by atoms with Crippen LogP contribution in [0.3, 0.4) is 0 Å². The van der Waals surface area contributed by atoms with Gasteiger partial charge in [-0.1, -0.05) is 30.3 Å². The van der Waals surface area contributed by atoms with E-state index >= 15 is 0 Å². The van der Waals surface area contributed by atoms with E-state index in [-0.39, 0.29) is 16.9 Å². The van der Waals surface area contributed by atoms with E-state index in [1.807, 2.05) is 0 Å². The summed E-state index contributed by atoms with van der Waals surface area (Å²) < 4.78 is 39.6. The molecule has 2 aromatic rings. The number of benzene rings is 2. The molecule has 2 aromatic carbocycles. The van der Waals surface area contributed by atoms with Gasteiger partial charge in [-0.2, -0.15) is 13.2 Å². The molecule has 0 spiro atoms. The van der Waals surface area contributed by atoms with Crippen LogP contribution in [-0.2, 0) is 0 Å². The van der Waals surface area contributed by atoms with Gasteiger partial charge in [0.1, 0.15) is 17.4 Å². The molecule has 1 atom stereocenters. The first-order valence-electron chi connectivity index (χ1n) is 5.53. The maximum Gasteiger partial charge on any atom is 0.399 e. The van der Waals surface area contributed by atoms with Crippen LogP contribution in [0.1, 0.15) is 17.0 Å². The SMILES string of the molecule is Oc1ccc(C(c2ccccc2O)C(F)(F)F)cc1. The van der Waals surface area contributed by atoms with Crippen LogP contribution in [0.4, 0.5) is 13.2 Å². The van der Waals surface area contributed by atoms with E-state index in [2.05, 4.69) is 0 Å². The van der Waals surface area contributed by atoms with Crippen molar-refractivity contribution in [3.63, 3.8) is 0 Å². The largest absolute Gasteiger partial charge is 0.508 e. The summed E-state index contributed by atoms with van der Waals surface area (Å²) in [5.74, 6) is -2.44. The van der Waals surface area contributed by atoms with Crippen molar-refractivity contribution >= 4 is 0 Å². The van der Waals surface area contributed by atoms with Crippen LogP contribution >= 0.6 is 0 Å². The average Bonchev–Trinajstić information content (AvgIpc) is 2.33. The fourth-order valence-corrected chi connectivity index (χ4v) is 1.94. The van der Waals surface area contributed by atoms with Crippen LogP contribution in [0.2, 0.25) is 0 Å². The molecule has 0 aliphatic heterocycles. The Labute approximate surface area is 107 Å². The average molecular weight is 268 g/mol. The highest BCUT2D eigenvalue weighted by Crippen LogP contribution is 2.43. The molecule has 19 heavy (non-hydrogen) atoms. The molecule has 100 valence electrons. The molecule has 0 bridgehead atoms. The fourth-order valence-electron chi connectivity index (χ4n) is 1.94. The summed E-state index contributed by atoms with van der Waals surface area (Å²) in [7, 11) is 0. The van der Waals surface area contributed by atoms with Gasteiger partial charge in [0, 0.05) is 5.56 Å². The Morgan fingerprint density at radius 2 is 1.42 bits per heavy atom. The minimum absolute atomic E-state index is 0.0354. The maximum atomic E-state index is 13.2. The van der Waals surface area contributed by atoms with Crippen molar-refractivity contribution in [2.45, 2.75) is 12.1 Å². The highest BCUT2D eigenvalue weighted by molar-refractivity contribution is 5.43. The fraction of sp³-hybridized carbons (Fsp3) is 0.143. The van der Waals surface area contributed by atoms with E-state index < -0.39 is 17.8 Å². The van der Waals surface area contributed by atoms with Crippen LogP contribution in [0.25, 0.3) is 0 Å². The second kappa shape index (κ2) is 4.84. The molecule has 2 N–H and O–H groups in total. The van der Waals surface area contributed by atoms with E-state index in [1.54, 1.807) is 0 Å². The Balaban J connectivity index is 2.55. The molecule has 5 heteroatoms. The maximum absolute atomic E-state index is 13.2. The van der Waals surface area contributed by atoms with Crippen molar-refractivity contribution in [3.05, 3.63) is 59.7 Å². The molecule has 0 aliphatic carbocycles. The van der Waals surface area contributed by atoms with E-state index in [4.69, 9.17) is 5.11 Å². The van der Waals surface area contributed by atoms with Gasteiger partial charge in [0.05, 0.1) is 0 Å². The van der Waals surface area contributed by atoms with E-state index in [0.29, 0.717) is 0 Å². The van der Waals surface area contributed by atoms with Crippen LogP contribution < -0.4 is 0 Å². The first-order chi connectivity index (χ1) is 8.89. The third-order valence-corrected chi connectivity index (χ3v) is 2.80. The quantitative estimate of drug-likeness (QED) is 0.869. The summed E-state index contributed by atoms with van der Waals surface area (Å²) >= 11 is 0. The van der Waals surface area contributed by atoms with Crippen LogP contribution in [0.5, 0.6) is 11.5 Å². The van der Waals surface area contributed by atoms with E-state index in [0.717, 1.165) is 0 Å². The third-order valence-electron chi connectivity index (χ3n) is 2.80. The van der Waals surface area contributed by atoms with Crippen molar-refractivity contribution in [3.8, 4) is 11.5 Å². The first-order valence-corrected chi connectivity index (χ1v) is 5.53. The number of halogens is 3. The molecule has 0 fully saturated rings. The lowest BCUT2D eigenvalue weighted by atomic mass is 9.90. The Kier molecular flexibility index (Phi) is 3.38. The molecule has 0 saturated carbocycles. The van der Waals surface area contributed by atoms with Gasteiger partial charge in [-0.25, -0.2) is 0 Å². The molecule has 0 amide bonds. The molecule has 0 aromatic heterocycles. The molecule has 0 radical (unpaired) electrons. The van der Waals surface area contributed by atoms with Gasteiger partial charge in [-0.15, -0.1) is 0 Å². The molecule has 2 nitrogen and oxygen atoms in total. The van der Waals surface area contributed by atoms with Crippen molar-refractivity contribution in [2.24, 2.45) is 0 Å². The number of hydrogen-bond acceptors (Lipinski definition) is 2. The first kappa shape index (κ1) is 13.3. The number of para-hydroxylation sites is 1. The van der Waals surface area contributed by atoms with Crippen LogP contribution in [-0.4, -0.2) is 16.4 Å². The molecular formula is C14H11F3O2. The Morgan fingerprint density at radius 1 is 0.842 bits per heavy atom. The standard InChI is InChI=1S/C14H11F3O2/c15-14(16,17)13(9-5-7-10(18)8-6-9)11-3-1-2-4-12(11)19/h1-8,13,18-19H.